The Morgan fingerprint density at radius 2 is 0.784 bits per heavy atom. The van der Waals surface area contributed by atoms with Gasteiger partial charge in [0.15, 0.2) is 0 Å². The lowest BCUT2D eigenvalue weighted by Crippen LogP contribution is -2.58. The molecule has 2 atom stereocenters. The first-order valence-corrected chi connectivity index (χ1v) is 12.3. The molecule has 0 saturated heterocycles. The molecule has 37 heavy (non-hydrogen) atoms. The van der Waals surface area contributed by atoms with Crippen molar-refractivity contribution in [3.05, 3.63) is 133 Å². The van der Waals surface area contributed by atoms with Crippen molar-refractivity contribution in [3.63, 3.8) is 0 Å². The lowest BCUT2D eigenvalue weighted by atomic mass is 10.2. The van der Waals surface area contributed by atoms with E-state index in [0.29, 0.717) is 0 Å². The van der Waals surface area contributed by atoms with Gasteiger partial charge in [0.05, 0.1) is 0 Å². The Balaban J connectivity index is 1.68. The minimum absolute atomic E-state index is 0.897. The lowest BCUT2D eigenvalue weighted by Gasteiger charge is -2.43. The molecule has 0 heterocycles. The molecule has 0 bridgehead atoms. The highest BCUT2D eigenvalue weighted by Crippen LogP contribution is 2.29. The molecule has 4 aromatic carbocycles. The van der Waals surface area contributed by atoms with Crippen molar-refractivity contribution in [3.8, 4) is 0 Å². The van der Waals surface area contributed by atoms with Crippen LogP contribution in [0.4, 0.5) is 22.7 Å². The van der Waals surface area contributed by atoms with Crippen molar-refractivity contribution in [1.29, 1.82) is 0 Å². The molecule has 0 aliphatic rings. The van der Waals surface area contributed by atoms with E-state index in [1.54, 1.807) is 0 Å². The Hall–Kier alpha value is -4.48. The summed E-state index contributed by atoms with van der Waals surface area (Å²) in [4.78, 5) is 0. The van der Waals surface area contributed by atoms with Gasteiger partial charge in [-0.15, -0.1) is 0 Å². The van der Waals surface area contributed by atoms with Gasteiger partial charge < -0.3 is 21.3 Å². The highest BCUT2D eigenvalue weighted by molar-refractivity contribution is 5.58. The summed E-state index contributed by atoms with van der Waals surface area (Å²) in [7, 11) is 0. The van der Waals surface area contributed by atoms with Gasteiger partial charge in [0.1, 0.15) is 0 Å². The predicted octanol–water partition coefficient (Wildman–Crippen LogP) is 8.08. The molecule has 5 heteroatoms. The minimum atomic E-state index is -1.03. The maximum atomic E-state index is 6.87. The Morgan fingerprint density at radius 1 is 0.486 bits per heavy atom. The first-order valence-electron chi connectivity index (χ1n) is 12.3. The van der Waals surface area contributed by atoms with Gasteiger partial charge in [0.25, 0.3) is 0 Å². The van der Waals surface area contributed by atoms with E-state index in [2.05, 4.69) is 34.4 Å². The van der Waals surface area contributed by atoms with Gasteiger partial charge in [-0.2, -0.15) is 0 Å². The van der Waals surface area contributed by atoms with Crippen LogP contribution in [-0.2, 0) is 4.74 Å². The molecule has 0 fully saturated rings. The topological polar surface area (TPSA) is 57.4 Å². The van der Waals surface area contributed by atoms with E-state index in [1.165, 1.54) is 0 Å². The van der Waals surface area contributed by atoms with Crippen molar-refractivity contribution in [1.82, 2.24) is 0 Å². The smallest absolute Gasteiger partial charge is 0.217 e. The molecule has 4 aromatic rings. The number of hydrogen-bond acceptors (Lipinski definition) is 5. The van der Waals surface area contributed by atoms with Crippen LogP contribution >= 0.6 is 0 Å². The Kier molecular flexibility index (Phi) is 7.96. The van der Waals surface area contributed by atoms with Crippen LogP contribution < -0.4 is 21.3 Å². The van der Waals surface area contributed by atoms with E-state index in [1.807, 2.05) is 135 Å². The monoisotopic (exact) mass is 490 g/mol. The fourth-order valence-corrected chi connectivity index (χ4v) is 4.12. The maximum Gasteiger partial charge on any atom is 0.217 e. The third kappa shape index (κ3) is 7.26. The molecule has 0 aromatic heterocycles. The average Bonchev–Trinajstić information content (AvgIpc) is 2.90. The van der Waals surface area contributed by atoms with Crippen LogP contribution in [0.25, 0.3) is 12.2 Å². The van der Waals surface area contributed by atoms with Gasteiger partial charge in [-0.05, 0) is 59.7 Å². The summed E-state index contributed by atoms with van der Waals surface area (Å²) in [6.45, 7) is 11.6. The number of para-hydroxylation sites is 2. The number of benzene rings is 4. The number of rotatable bonds is 12. The molecule has 4 rings (SSSR count). The summed E-state index contributed by atoms with van der Waals surface area (Å²) < 4.78 is 6.87. The van der Waals surface area contributed by atoms with Gasteiger partial charge in [-0.3, -0.25) is 4.74 Å². The van der Waals surface area contributed by atoms with Crippen molar-refractivity contribution in [2.75, 3.05) is 21.3 Å². The van der Waals surface area contributed by atoms with Gasteiger partial charge in [0.2, 0.25) is 11.7 Å². The largest absolute Gasteiger partial charge is 0.340 e. The van der Waals surface area contributed by atoms with E-state index in [0.717, 1.165) is 33.9 Å². The second kappa shape index (κ2) is 11.5. The van der Waals surface area contributed by atoms with Crippen molar-refractivity contribution < 1.29 is 4.74 Å². The summed E-state index contributed by atoms with van der Waals surface area (Å²) >= 11 is 0. The van der Waals surface area contributed by atoms with Crippen LogP contribution in [0.2, 0.25) is 0 Å². The molecule has 0 amide bonds. The molecule has 5 nitrogen and oxygen atoms in total. The molecule has 0 spiro atoms. The third-order valence-electron chi connectivity index (χ3n) is 5.78. The van der Waals surface area contributed by atoms with Gasteiger partial charge in [-0.1, -0.05) is 86.0 Å². The first kappa shape index (κ1) is 25.6. The fourth-order valence-electron chi connectivity index (χ4n) is 4.12. The van der Waals surface area contributed by atoms with E-state index >= 15 is 0 Å². The SMILES string of the molecule is C=Cc1ccc(NC(C)(Nc2ccccc2)OC(C)(Nc2ccccc2)Nc2ccc(C=C)cc2)cc1. The van der Waals surface area contributed by atoms with Gasteiger partial charge in [-0.25, -0.2) is 0 Å². The van der Waals surface area contributed by atoms with Crippen LogP contribution in [0, 0.1) is 0 Å². The summed E-state index contributed by atoms with van der Waals surface area (Å²) in [5.41, 5.74) is 5.71. The second-order valence-corrected chi connectivity index (χ2v) is 9.05. The minimum Gasteiger partial charge on any atom is -0.340 e. The van der Waals surface area contributed by atoms with Crippen LogP contribution in [0.3, 0.4) is 0 Å². The standard InChI is InChI=1S/C32H34N4O/c1-5-25-17-21-29(22-18-25)35-31(3,33-27-13-9-7-10-14-27)37-32(4,34-28-15-11-8-12-16-28)36-30-23-19-26(6-2)20-24-30/h5-24,33-36H,1-2H2,3-4H3. The lowest BCUT2D eigenvalue weighted by molar-refractivity contribution is -0.0799. The Bertz CT molecular complexity index is 1190. The van der Waals surface area contributed by atoms with Crippen LogP contribution in [0.5, 0.6) is 0 Å². The van der Waals surface area contributed by atoms with Crippen LogP contribution in [0.1, 0.15) is 25.0 Å². The number of anilines is 4. The van der Waals surface area contributed by atoms with E-state index in [-0.39, 0.29) is 0 Å². The van der Waals surface area contributed by atoms with Crippen LogP contribution in [-0.4, -0.2) is 11.7 Å². The summed E-state index contributed by atoms with van der Waals surface area (Å²) in [6.07, 6.45) is 3.65. The van der Waals surface area contributed by atoms with E-state index < -0.39 is 11.7 Å². The number of ether oxygens (including phenoxy) is 1. The Morgan fingerprint density at radius 3 is 1.08 bits per heavy atom. The van der Waals surface area contributed by atoms with Crippen LogP contribution in [0.15, 0.2) is 122 Å². The third-order valence-corrected chi connectivity index (χ3v) is 5.78. The van der Waals surface area contributed by atoms with Gasteiger partial charge >= 0.3 is 0 Å². The first-order chi connectivity index (χ1) is 17.9. The molecule has 2 unspecified atom stereocenters. The number of hydrogen-bond donors (Lipinski definition) is 4. The predicted molar refractivity (Wildman–Crippen MR) is 158 cm³/mol. The van der Waals surface area contributed by atoms with E-state index in [9.17, 15) is 0 Å². The van der Waals surface area contributed by atoms with Crippen molar-refractivity contribution in [2.24, 2.45) is 0 Å². The average molecular weight is 491 g/mol. The second-order valence-electron chi connectivity index (χ2n) is 9.05. The molecular formula is C32H34N4O. The highest BCUT2D eigenvalue weighted by atomic mass is 16.6. The maximum absolute atomic E-state index is 6.87. The summed E-state index contributed by atoms with van der Waals surface area (Å²) in [5.74, 6) is -2.05. The zero-order valence-electron chi connectivity index (χ0n) is 21.4. The zero-order valence-corrected chi connectivity index (χ0v) is 21.4. The summed E-state index contributed by atoms with van der Waals surface area (Å²) in [6, 6.07) is 36.0. The van der Waals surface area contributed by atoms with E-state index in [4.69, 9.17) is 4.74 Å². The van der Waals surface area contributed by atoms with Crippen molar-refractivity contribution >= 4 is 34.9 Å². The normalized spacial score (nSPS) is 13.9. The molecule has 0 radical (unpaired) electrons. The molecule has 188 valence electrons. The summed E-state index contributed by atoms with van der Waals surface area (Å²) in [5, 5.41) is 14.1. The quantitative estimate of drug-likeness (QED) is 0.151. The molecular weight excluding hydrogens is 456 g/mol. The fraction of sp³-hybridized carbons (Fsp3) is 0.125. The Labute approximate surface area is 219 Å². The van der Waals surface area contributed by atoms with Gasteiger partial charge in [0, 0.05) is 36.6 Å². The zero-order chi connectivity index (χ0) is 26.1. The molecule has 4 N–H and O–H groups in total. The number of nitrogens with one attached hydrogen (secondary N) is 4. The highest BCUT2D eigenvalue weighted by Gasteiger charge is 2.37. The molecule has 0 aliphatic carbocycles. The molecule has 0 saturated carbocycles. The molecule has 0 aliphatic heterocycles. The van der Waals surface area contributed by atoms with Crippen molar-refractivity contribution in [2.45, 2.75) is 25.5 Å².